The normalized spacial score (nSPS) is 12.3. The monoisotopic (exact) mass is 868 g/mol. The summed E-state index contributed by atoms with van der Waals surface area (Å²) in [5.74, 6) is -2.44. The molecule has 0 spiro atoms. The molecule has 1 aliphatic rings. The number of ether oxygens (including phenoxy) is 3. The molecular formula is C50H38Cl2O10. The summed E-state index contributed by atoms with van der Waals surface area (Å²) in [6.45, 7) is 4.44. The van der Waals surface area contributed by atoms with Crippen LogP contribution in [0.15, 0.2) is 170 Å². The Morgan fingerprint density at radius 2 is 1.00 bits per heavy atom. The van der Waals surface area contributed by atoms with Gasteiger partial charge in [0.1, 0.15) is 13.2 Å². The molecule has 1 atom stereocenters. The third-order valence-corrected chi connectivity index (χ3v) is 9.93. The molecule has 8 aromatic carbocycles. The molecule has 0 saturated carbocycles. The van der Waals surface area contributed by atoms with Crippen molar-refractivity contribution in [2.75, 3.05) is 6.61 Å². The molecular weight excluding hydrogens is 831 g/mol. The maximum absolute atomic E-state index is 11.7. The van der Waals surface area contributed by atoms with Crippen LogP contribution in [0.3, 0.4) is 0 Å². The lowest BCUT2D eigenvalue weighted by atomic mass is 9.97. The minimum atomic E-state index is -0.956. The van der Waals surface area contributed by atoms with E-state index >= 15 is 0 Å². The third kappa shape index (κ3) is 11.8. The molecule has 0 bridgehead atoms. The van der Waals surface area contributed by atoms with E-state index in [1.807, 2.05) is 48.5 Å². The van der Waals surface area contributed by atoms with Crippen molar-refractivity contribution >= 4 is 90.2 Å². The molecule has 12 heteroatoms. The van der Waals surface area contributed by atoms with Gasteiger partial charge in [-0.1, -0.05) is 139 Å². The Morgan fingerprint density at radius 3 is 1.37 bits per heavy atom. The first-order valence-corrected chi connectivity index (χ1v) is 19.8. The zero-order chi connectivity index (χ0) is 44.0. The fourth-order valence-electron chi connectivity index (χ4n) is 6.44. The highest BCUT2D eigenvalue weighted by Gasteiger charge is 2.33. The number of rotatable bonds is 8. The number of hydrogen-bond acceptors (Lipinski definition) is 9. The van der Waals surface area contributed by atoms with Gasteiger partial charge in [-0.2, -0.15) is 5.26 Å². The molecule has 0 aliphatic carbocycles. The Bertz CT molecular complexity index is 2800. The molecule has 2 N–H and O–H groups in total. The van der Waals surface area contributed by atoms with Crippen LogP contribution >= 0.6 is 23.2 Å². The number of carbonyl (C=O) groups is 4. The van der Waals surface area contributed by atoms with E-state index in [1.54, 1.807) is 24.3 Å². The van der Waals surface area contributed by atoms with Crippen molar-refractivity contribution in [3.05, 3.63) is 203 Å². The first kappa shape index (κ1) is 44.5. The summed E-state index contributed by atoms with van der Waals surface area (Å²) in [7, 11) is 0. The van der Waals surface area contributed by atoms with Crippen LogP contribution in [0.25, 0.3) is 43.1 Å². The molecule has 10 nitrogen and oxygen atoms in total. The second-order valence-corrected chi connectivity index (χ2v) is 14.4. The van der Waals surface area contributed by atoms with Crippen molar-refractivity contribution in [3.8, 4) is 0 Å². The Morgan fingerprint density at radius 1 is 0.597 bits per heavy atom. The Labute approximate surface area is 366 Å². The number of aromatic carboxylic acids is 1. The summed E-state index contributed by atoms with van der Waals surface area (Å²) >= 11 is 11.1. The number of carbonyl (C=O) groups excluding carboxylic acids is 3. The second-order valence-electron chi connectivity index (χ2n) is 13.5. The standard InChI is InChI=1S/C18H14O3.C18H14O2.C7H5ClO3.C7H5ClO2/c19-18(17-11-20-17)21-10-16-14-7-3-1-5-12(14)9-13-6-2-4-8-15(13)16;1-2-18(19)20-12-17-15-9-5-3-7-13(15)11-14-8-4-6-10-16(14)17;8-6-3-1-2-5(4-6)7(9)11-10;8-6-3-1-2-5(4-6)7(9)10/h1-9,17H,10-11H2;2-11H,1,12H2;1-4,10H;1-4H,(H,9,10). The lowest BCUT2D eigenvalue weighted by molar-refractivity contribution is -0.182. The SMILES string of the molecule is C=CC(=O)OCc1c2ccccc2cc2ccccc12.O=C(O)c1cccc(Cl)c1.O=C(OCc1c2ccccc2cc2ccccc12)C1CO1.O=C(OO)c1cccc(Cl)c1. The number of carboxylic acid groups (broad SMARTS) is 1. The first-order chi connectivity index (χ1) is 30.1. The van der Waals surface area contributed by atoms with Crippen LogP contribution < -0.4 is 0 Å². The lowest BCUT2D eigenvalue weighted by Gasteiger charge is -2.11. The van der Waals surface area contributed by atoms with E-state index in [0.29, 0.717) is 16.7 Å². The fourth-order valence-corrected chi connectivity index (χ4v) is 6.82. The predicted octanol–water partition coefficient (Wildman–Crippen LogP) is 11.7. The maximum Gasteiger partial charge on any atom is 0.372 e. The summed E-state index contributed by atoms with van der Waals surface area (Å²) < 4.78 is 15.6. The van der Waals surface area contributed by atoms with Gasteiger partial charge < -0.3 is 19.3 Å². The van der Waals surface area contributed by atoms with E-state index in [0.717, 1.165) is 54.2 Å². The van der Waals surface area contributed by atoms with Gasteiger partial charge in [-0.3, -0.25) is 4.89 Å². The maximum atomic E-state index is 11.7. The summed E-state index contributed by atoms with van der Waals surface area (Å²) in [6.07, 6.45) is 0.832. The molecule has 0 radical (unpaired) electrons. The van der Waals surface area contributed by atoms with Crippen LogP contribution in [0.4, 0.5) is 0 Å². The highest BCUT2D eigenvalue weighted by Crippen LogP contribution is 2.31. The highest BCUT2D eigenvalue weighted by molar-refractivity contribution is 6.31. The van der Waals surface area contributed by atoms with E-state index in [1.165, 1.54) is 30.3 Å². The summed E-state index contributed by atoms with van der Waals surface area (Å²) in [4.78, 5) is 47.4. The van der Waals surface area contributed by atoms with E-state index in [4.69, 9.17) is 47.8 Å². The topological polar surface area (TPSA) is 149 Å². The molecule has 62 heavy (non-hydrogen) atoms. The van der Waals surface area contributed by atoms with Gasteiger partial charge in [0.05, 0.1) is 17.7 Å². The van der Waals surface area contributed by atoms with E-state index < -0.39 is 17.9 Å². The van der Waals surface area contributed by atoms with Gasteiger partial charge >= 0.3 is 23.9 Å². The van der Waals surface area contributed by atoms with Crippen molar-refractivity contribution in [2.24, 2.45) is 0 Å². The van der Waals surface area contributed by atoms with Crippen molar-refractivity contribution in [2.45, 2.75) is 19.3 Å². The second kappa shape index (κ2) is 21.4. The van der Waals surface area contributed by atoms with Crippen LogP contribution in [0, 0.1) is 0 Å². The molecule has 1 saturated heterocycles. The Hall–Kier alpha value is -7.08. The van der Waals surface area contributed by atoms with Crippen molar-refractivity contribution < 1.29 is 48.6 Å². The van der Waals surface area contributed by atoms with Gasteiger partial charge in [0, 0.05) is 27.2 Å². The average molecular weight is 870 g/mol. The summed E-state index contributed by atoms with van der Waals surface area (Å²) in [5, 5.41) is 26.4. The van der Waals surface area contributed by atoms with Crippen LogP contribution in [0.5, 0.6) is 0 Å². The largest absolute Gasteiger partial charge is 0.478 e. The minimum Gasteiger partial charge on any atom is -0.478 e. The third-order valence-electron chi connectivity index (χ3n) is 9.46. The minimum absolute atomic E-state index is 0.215. The molecule has 0 aromatic heterocycles. The molecule has 1 aliphatic heterocycles. The molecule has 1 unspecified atom stereocenters. The van der Waals surface area contributed by atoms with Gasteiger partial charge in [-0.25, -0.2) is 19.2 Å². The number of carboxylic acids is 1. The molecule has 9 rings (SSSR count). The van der Waals surface area contributed by atoms with Gasteiger partial charge in [0.25, 0.3) is 0 Å². The quantitative estimate of drug-likeness (QED) is 0.0287. The van der Waals surface area contributed by atoms with Crippen LogP contribution in [0.2, 0.25) is 10.0 Å². The molecule has 1 fully saturated rings. The zero-order valence-corrected chi connectivity index (χ0v) is 34.4. The van der Waals surface area contributed by atoms with Crippen molar-refractivity contribution in [1.82, 2.24) is 0 Å². The molecule has 0 amide bonds. The number of epoxide rings is 1. The number of fused-ring (bicyclic) bond motifs is 4. The number of benzene rings is 8. The van der Waals surface area contributed by atoms with Gasteiger partial charge in [-0.15, -0.1) is 0 Å². The summed E-state index contributed by atoms with van der Waals surface area (Å²) in [5.41, 5.74) is 2.53. The van der Waals surface area contributed by atoms with Gasteiger partial charge in [0.15, 0.2) is 6.10 Å². The fraction of sp³-hybridized carbons (Fsp3) is 0.0800. The lowest BCUT2D eigenvalue weighted by Crippen LogP contribution is -2.11. The predicted molar refractivity (Wildman–Crippen MR) is 240 cm³/mol. The van der Waals surface area contributed by atoms with E-state index in [2.05, 4.69) is 72.1 Å². The van der Waals surface area contributed by atoms with Gasteiger partial charge in [-0.05, 0) is 91.6 Å². The first-order valence-electron chi connectivity index (χ1n) is 19.0. The summed E-state index contributed by atoms with van der Waals surface area (Å²) in [6, 6.07) is 49.2. The van der Waals surface area contributed by atoms with Crippen molar-refractivity contribution in [3.63, 3.8) is 0 Å². The number of halogens is 2. The Balaban J connectivity index is 0.000000145. The Kier molecular flexibility index (Phi) is 15.4. The molecule has 1 heterocycles. The van der Waals surface area contributed by atoms with E-state index in [-0.39, 0.29) is 36.4 Å². The van der Waals surface area contributed by atoms with E-state index in [9.17, 15) is 19.2 Å². The molecule has 8 aromatic rings. The van der Waals surface area contributed by atoms with Crippen LogP contribution in [-0.2, 0) is 41.9 Å². The number of hydrogen-bond donors (Lipinski definition) is 2. The number of esters is 2. The van der Waals surface area contributed by atoms with Gasteiger partial charge in [0.2, 0.25) is 0 Å². The van der Waals surface area contributed by atoms with Crippen LogP contribution in [-0.4, -0.2) is 47.0 Å². The van der Waals surface area contributed by atoms with Crippen molar-refractivity contribution in [1.29, 1.82) is 0 Å². The smallest absolute Gasteiger partial charge is 0.372 e. The average Bonchev–Trinajstić information content (AvgIpc) is 4.16. The molecule has 312 valence electrons. The van der Waals surface area contributed by atoms with Crippen LogP contribution in [0.1, 0.15) is 31.8 Å². The zero-order valence-electron chi connectivity index (χ0n) is 32.9. The highest BCUT2D eigenvalue weighted by atomic mass is 35.5.